The number of hydrogen-bond acceptors (Lipinski definition) is 1. The molecule has 0 aromatic heterocycles. The Morgan fingerprint density at radius 1 is 0.867 bits per heavy atom. The Labute approximate surface area is 96.3 Å². The molecule has 0 aliphatic carbocycles. The van der Waals surface area contributed by atoms with Crippen LogP contribution in [-0.4, -0.2) is 10.7 Å². The summed E-state index contributed by atoms with van der Waals surface area (Å²) in [7, 11) is 0. The van der Waals surface area contributed by atoms with Crippen molar-refractivity contribution in [1.82, 2.24) is 0 Å². The molecular weight excluding hydrogens is 184 g/mol. The van der Waals surface area contributed by atoms with E-state index in [1.165, 1.54) is 51.4 Å². The Kier molecular flexibility index (Phi) is 8.13. The SMILES string of the molecule is CCCCCCC(CCCC)C(C)(C)O. The summed E-state index contributed by atoms with van der Waals surface area (Å²) in [6.07, 6.45) is 10.1. The Balaban J connectivity index is 3.81. The molecule has 1 heteroatoms. The molecule has 0 saturated heterocycles. The molecule has 1 unspecified atom stereocenters. The Bertz CT molecular complexity index is 135. The van der Waals surface area contributed by atoms with Crippen molar-refractivity contribution in [2.24, 2.45) is 5.92 Å². The molecule has 0 fully saturated rings. The van der Waals surface area contributed by atoms with Crippen LogP contribution in [0, 0.1) is 5.92 Å². The summed E-state index contributed by atoms with van der Waals surface area (Å²) in [5.74, 6) is 0.495. The van der Waals surface area contributed by atoms with Gasteiger partial charge >= 0.3 is 0 Å². The minimum Gasteiger partial charge on any atom is -0.390 e. The van der Waals surface area contributed by atoms with Crippen LogP contribution in [0.5, 0.6) is 0 Å². The first-order valence-corrected chi connectivity index (χ1v) is 6.74. The van der Waals surface area contributed by atoms with E-state index in [2.05, 4.69) is 13.8 Å². The molecule has 0 spiro atoms. The zero-order valence-electron chi connectivity index (χ0n) is 11.2. The van der Waals surface area contributed by atoms with Crippen molar-refractivity contribution in [3.8, 4) is 0 Å². The van der Waals surface area contributed by atoms with Gasteiger partial charge in [0, 0.05) is 0 Å². The summed E-state index contributed by atoms with van der Waals surface area (Å²) in [5.41, 5.74) is -0.485. The van der Waals surface area contributed by atoms with Crippen molar-refractivity contribution in [2.45, 2.75) is 84.7 Å². The lowest BCUT2D eigenvalue weighted by Crippen LogP contribution is -2.30. The summed E-state index contributed by atoms with van der Waals surface area (Å²) in [4.78, 5) is 0. The number of rotatable bonds is 9. The molecule has 0 rings (SSSR count). The van der Waals surface area contributed by atoms with Gasteiger partial charge in [-0.15, -0.1) is 0 Å². The second-order valence-corrected chi connectivity index (χ2v) is 5.34. The van der Waals surface area contributed by atoms with Crippen LogP contribution in [0.3, 0.4) is 0 Å². The first kappa shape index (κ1) is 15.0. The fraction of sp³-hybridized carbons (Fsp3) is 1.00. The van der Waals surface area contributed by atoms with E-state index in [4.69, 9.17) is 0 Å². The van der Waals surface area contributed by atoms with Crippen LogP contribution in [0.1, 0.15) is 79.1 Å². The van der Waals surface area contributed by atoms with Crippen LogP contribution in [0.4, 0.5) is 0 Å². The first-order valence-electron chi connectivity index (χ1n) is 6.74. The van der Waals surface area contributed by atoms with Crippen LogP contribution in [0.15, 0.2) is 0 Å². The van der Waals surface area contributed by atoms with E-state index in [1.807, 2.05) is 13.8 Å². The van der Waals surface area contributed by atoms with E-state index in [9.17, 15) is 5.11 Å². The van der Waals surface area contributed by atoms with E-state index in [-0.39, 0.29) is 0 Å². The lowest BCUT2D eigenvalue weighted by molar-refractivity contribution is 0.00737. The molecule has 0 bridgehead atoms. The zero-order valence-corrected chi connectivity index (χ0v) is 11.2. The minimum absolute atomic E-state index is 0.485. The van der Waals surface area contributed by atoms with Crippen molar-refractivity contribution in [3.63, 3.8) is 0 Å². The topological polar surface area (TPSA) is 20.2 Å². The third-order valence-electron chi connectivity index (χ3n) is 3.31. The fourth-order valence-electron chi connectivity index (χ4n) is 2.12. The monoisotopic (exact) mass is 214 g/mol. The highest BCUT2D eigenvalue weighted by molar-refractivity contribution is 4.77. The molecule has 0 aliphatic heterocycles. The Morgan fingerprint density at radius 2 is 1.40 bits per heavy atom. The van der Waals surface area contributed by atoms with E-state index >= 15 is 0 Å². The molecule has 1 atom stereocenters. The van der Waals surface area contributed by atoms with Gasteiger partial charge in [0.25, 0.3) is 0 Å². The summed E-state index contributed by atoms with van der Waals surface area (Å²) in [6.45, 7) is 8.39. The molecule has 0 aromatic rings. The lowest BCUT2D eigenvalue weighted by atomic mass is 9.82. The predicted molar refractivity (Wildman–Crippen MR) is 68.1 cm³/mol. The van der Waals surface area contributed by atoms with Gasteiger partial charge in [0.2, 0.25) is 0 Å². The maximum Gasteiger partial charge on any atom is 0.0619 e. The molecule has 0 aromatic carbocycles. The highest BCUT2D eigenvalue weighted by atomic mass is 16.3. The predicted octanol–water partition coefficient (Wildman–Crippen LogP) is 4.53. The molecule has 1 N–H and O–H groups in total. The first-order chi connectivity index (χ1) is 7.02. The van der Waals surface area contributed by atoms with Crippen LogP contribution in [-0.2, 0) is 0 Å². The summed E-state index contributed by atoms with van der Waals surface area (Å²) in [5, 5.41) is 10.1. The van der Waals surface area contributed by atoms with E-state index in [0.29, 0.717) is 5.92 Å². The second-order valence-electron chi connectivity index (χ2n) is 5.34. The van der Waals surface area contributed by atoms with E-state index < -0.39 is 5.60 Å². The quantitative estimate of drug-likeness (QED) is 0.559. The zero-order chi connectivity index (χ0) is 11.7. The highest BCUT2D eigenvalue weighted by Gasteiger charge is 2.25. The van der Waals surface area contributed by atoms with E-state index in [1.54, 1.807) is 0 Å². The standard InChI is InChI=1S/C14H30O/c1-5-7-9-10-12-13(11-8-6-2)14(3,4)15/h13,15H,5-12H2,1-4H3. The van der Waals surface area contributed by atoms with Crippen molar-refractivity contribution < 1.29 is 5.11 Å². The van der Waals surface area contributed by atoms with Gasteiger partial charge in [-0.05, 0) is 32.6 Å². The maximum atomic E-state index is 10.1. The number of aliphatic hydroxyl groups is 1. The highest BCUT2D eigenvalue weighted by Crippen LogP contribution is 2.27. The average molecular weight is 214 g/mol. The van der Waals surface area contributed by atoms with Gasteiger partial charge in [0.05, 0.1) is 5.60 Å². The molecule has 0 heterocycles. The summed E-state index contributed by atoms with van der Waals surface area (Å²) < 4.78 is 0. The van der Waals surface area contributed by atoms with Crippen LogP contribution >= 0.6 is 0 Å². The average Bonchev–Trinajstić information content (AvgIpc) is 2.15. The third-order valence-corrected chi connectivity index (χ3v) is 3.31. The molecule has 0 saturated carbocycles. The second kappa shape index (κ2) is 8.15. The maximum absolute atomic E-state index is 10.1. The fourth-order valence-corrected chi connectivity index (χ4v) is 2.12. The third kappa shape index (κ3) is 7.84. The lowest BCUT2D eigenvalue weighted by Gasteiger charge is -2.29. The van der Waals surface area contributed by atoms with Gasteiger partial charge in [-0.2, -0.15) is 0 Å². The molecule has 15 heavy (non-hydrogen) atoms. The molecule has 1 nitrogen and oxygen atoms in total. The largest absolute Gasteiger partial charge is 0.390 e. The number of hydrogen-bond donors (Lipinski definition) is 1. The van der Waals surface area contributed by atoms with Gasteiger partial charge in [-0.1, -0.05) is 52.4 Å². The van der Waals surface area contributed by atoms with Crippen molar-refractivity contribution in [1.29, 1.82) is 0 Å². The molecule has 92 valence electrons. The minimum atomic E-state index is -0.485. The van der Waals surface area contributed by atoms with Crippen LogP contribution in [0.25, 0.3) is 0 Å². The van der Waals surface area contributed by atoms with Gasteiger partial charge in [0.1, 0.15) is 0 Å². The smallest absolute Gasteiger partial charge is 0.0619 e. The van der Waals surface area contributed by atoms with Gasteiger partial charge < -0.3 is 5.11 Å². The Morgan fingerprint density at radius 3 is 1.87 bits per heavy atom. The summed E-state index contributed by atoms with van der Waals surface area (Å²) in [6, 6.07) is 0. The van der Waals surface area contributed by atoms with Crippen molar-refractivity contribution >= 4 is 0 Å². The van der Waals surface area contributed by atoms with Gasteiger partial charge in [-0.25, -0.2) is 0 Å². The van der Waals surface area contributed by atoms with Crippen molar-refractivity contribution in [2.75, 3.05) is 0 Å². The molecule has 0 amide bonds. The molecule has 0 radical (unpaired) electrons. The van der Waals surface area contributed by atoms with Gasteiger partial charge in [-0.3, -0.25) is 0 Å². The number of unbranched alkanes of at least 4 members (excludes halogenated alkanes) is 4. The van der Waals surface area contributed by atoms with Gasteiger partial charge in [0.15, 0.2) is 0 Å². The summed E-state index contributed by atoms with van der Waals surface area (Å²) >= 11 is 0. The molecular formula is C14H30O. The normalized spacial score (nSPS) is 14.2. The van der Waals surface area contributed by atoms with Crippen molar-refractivity contribution in [3.05, 3.63) is 0 Å². The van der Waals surface area contributed by atoms with Crippen LogP contribution < -0.4 is 0 Å². The molecule has 0 aliphatic rings. The van der Waals surface area contributed by atoms with E-state index in [0.717, 1.165) is 0 Å². The Hall–Kier alpha value is -0.0400. The van der Waals surface area contributed by atoms with Crippen LogP contribution in [0.2, 0.25) is 0 Å².